The van der Waals surface area contributed by atoms with Crippen molar-refractivity contribution in [3.63, 3.8) is 0 Å². The highest BCUT2D eigenvalue weighted by atomic mass is 19.1. The van der Waals surface area contributed by atoms with E-state index in [1.807, 2.05) is 0 Å². The van der Waals surface area contributed by atoms with Gasteiger partial charge < -0.3 is 16.0 Å². The minimum atomic E-state index is -0.545. The lowest BCUT2D eigenvalue weighted by atomic mass is 10.4. The van der Waals surface area contributed by atoms with Crippen LogP contribution in [-0.2, 0) is 4.79 Å². The van der Waals surface area contributed by atoms with E-state index in [4.69, 9.17) is 0 Å². The van der Waals surface area contributed by atoms with E-state index in [1.54, 1.807) is 14.1 Å². The van der Waals surface area contributed by atoms with Gasteiger partial charge in [-0.05, 0) is 0 Å². The Labute approximate surface area is 92.7 Å². The Morgan fingerprint density at radius 1 is 1.50 bits per heavy atom. The quantitative estimate of drug-likeness (QED) is 0.670. The molecule has 0 aromatic carbocycles. The molecule has 0 aliphatic rings. The monoisotopic (exact) mass is 227 g/mol. The standard InChI is InChI=1S/C9H14FN5O/c1-11-7(16)3-4-13-8-6(10)5-14-9(12-2)15-8/h5H,3-4H2,1-2H3,(H,11,16)(H2,12,13,14,15). The van der Waals surface area contributed by atoms with Crippen molar-refractivity contribution in [1.82, 2.24) is 15.3 Å². The third kappa shape index (κ3) is 3.34. The van der Waals surface area contributed by atoms with Crippen molar-refractivity contribution in [3.8, 4) is 0 Å². The van der Waals surface area contributed by atoms with Gasteiger partial charge in [-0.1, -0.05) is 0 Å². The molecule has 0 saturated carbocycles. The van der Waals surface area contributed by atoms with Crippen LogP contribution in [0.3, 0.4) is 0 Å². The molecule has 0 unspecified atom stereocenters. The summed E-state index contributed by atoms with van der Waals surface area (Å²) in [4.78, 5) is 18.5. The van der Waals surface area contributed by atoms with Crippen LogP contribution in [0.5, 0.6) is 0 Å². The number of aromatic nitrogens is 2. The second-order valence-electron chi connectivity index (χ2n) is 2.99. The number of halogens is 1. The minimum absolute atomic E-state index is 0.0863. The topological polar surface area (TPSA) is 78.9 Å². The van der Waals surface area contributed by atoms with Crippen molar-refractivity contribution in [1.29, 1.82) is 0 Å². The van der Waals surface area contributed by atoms with E-state index in [2.05, 4.69) is 25.9 Å². The fourth-order valence-electron chi connectivity index (χ4n) is 1.03. The zero-order valence-electron chi connectivity index (χ0n) is 9.17. The Bertz CT molecular complexity index is 371. The van der Waals surface area contributed by atoms with E-state index >= 15 is 0 Å². The Kier molecular flexibility index (Phi) is 4.43. The first-order valence-electron chi connectivity index (χ1n) is 4.82. The van der Waals surface area contributed by atoms with Gasteiger partial charge in [-0.2, -0.15) is 4.98 Å². The van der Waals surface area contributed by atoms with Crippen LogP contribution in [0.4, 0.5) is 16.2 Å². The second-order valence-corrected chi connectivity index (χ2v) is 2.99. The van der Waals surface area contributed by atoms with Gasteiger partial charge in [0.15, 0.2) is 11.6 Å². The van der Waals surface area contributed by atoms with Gasteiger partial charge in [0.1, 0.15) is 0 Å². The van der Waals surface area contributed by atoms with E-state index in [9.17, 15) is 9.18 Å². The van der Waals surface area contributed by atoms with Crippen molar-refractivity contribution < 1.29 is 9.18 Å². The van der Waals surface area contributed by atoms with E-state index in [1.165, 1.54) is 0 Å². The molecule has 3 N–H and O–H groups in total. The van der Waals surface area contributed by atoms with E-state index in [0.717, 1.165) is 6.20 Å². The molecule has 1 rings (SSSR count). The molecule has 1 amide bonds. The number of hydrogen-bond donors (Lipinski definition) is 3. The van der Waals surface area contributed by atoms with Gasteiger partial charge in [0.2, 0.25) is 11.9 Å². The van der Waals surface area contributed by atoms with Crippen LogP contribution in [0.1, 0.15) is 6.42 Å². The fourth-order valence-corrected chi connectivity index (χ4v) is 1.03. The normalized spacial score (nSPS) is 9.69. The molecule has 0 radical (unpaired) electrons. The molecule has 0 spiro atoms. The number of amides is 1. The minimum Gasteiger partial charge on any atom is -0.367 e. The number of anilines is 2. The highest BCUT2D eigenvalue weighted by Crippen LogP contribution is 2.10. The molecule has 0 fully saturated rings. The molecule has 1 aromatic rings. The molecule has 88 valence electrons. The first-order chi connectivity index (χ1) is 7.67. The molecule has 1 heterocycles. The van der Waals surface area contributed by atoms with Crippen LogP contribution < -0.4 is 16.0 Å². The van der Waals surface area contributed by atoms with Gasteiger partial charge >= 0.3 is 0 Å². The van der Waals surface area contributed by atoms with Gasteiger partial charge in [0.05, 0.1) is 6.20 Å². The van der Waals surface area contributed by atoms with E-state index < -0.39 is 5.82 Å². The Hall–Kier alpha value is -1.92. The molecule has 0 atom stereocenters. The van der Waals surface area contributed by atoms with Gasteiger partial charge in [0, 0.05) is 27.1 Å². The van der Waals surface area contributed by atoms with Crippen LogP contribution in [0.25, 0.3) is 0 Å². The zero-order chi connectivity index (χ0) is 12.0. The van der Waals surface area contributed by atoms with Gasteiger partial charge in [-0.25, -0.2) is 9.37 Å². The fraction of sp³-hybridized carbons (Fsp3) is 0.444. The van der Waals surface area contributed by atoms with Crippen molar-refractivity contribution in [3.05, 3.63) is 12.0 Å². The van der Waals surface area contributed by atoms with Crippen LogP contribution >= 0.6 is 0 Å². The highest BCUT2D eigenvalue weighted by molar-refractivity contribution is 5.76. The van der Waals surface area contributed by atoms with E-state index in [-0.39, 0.29) is 18.1 Å². The molecule has 0 bridgehead atoms. The molecular formula is C9H14FN5O. The maximum atomic E-state index is 13.2. The average Bonchev–Trinajstić information content (AvgIpc) is 2.31. The van der Waals surface area contributed by atoms with E-state index in [0.29, 0.717) is 12.5 Å². The van der Waals surface area contributed by atoms with Gasteiger partial charge in [-0.15, -0.1) is 0 Å². The molecule has 0 aliphatic carbocycles. The first kappa shape index (κ1) is 12.2. The summed E-state index contributed by atoms with van der Waals surface area (Å²) in [6, 6.07) is 0. The third-order valence-electron chi connectivity index (χ3n) is 1.89. The van der Waals surface area contributed by atoms with Gasteiger partial charge in [0.25, 0.3) is 0 Å². The third-order valence-corrected chi connectivity index (χ3v) is 1.89. The van der Waals surface area contributed by atoms with Crippen molar-refractivity contribution in [2.45, 2.75) is 6.42 Å². The Morgan fingerprint density at radius 3 is 2.88 bits per heavy atom. The molecule has 0 saturated heterocycles. The summed E-state index contributed by atoms with van der Waals surface area (Å²) in [5.74, 6) is -0.251. The van der Waals surface area contributed by atoms with Crippen molar-refractivity contribution >= 4 is 17.7 Å². The number of nitrogens with zero attached hydrogens (tertiary/aromatic N) is 2. The largest absolute Gasteiger partial charge is 0.367 e. The van der Waals surface area contributed by atoms with Crippen LogP contribution in [-0.4, -0.2) is 36.5 Å². The first-order valence-corrected chi connectivity index (χ1v) is 4.82. The van der Waals surface area contributed by atoms with Crippen LogP contribution in [0.2, 0.25) is 0 Å². The average molecular weight is 227 g/mol. The summed E-state index contributed by atoms with van der Waals surface area (Å²) in [7, 11) is 3.19. The number of carbonyl (C=O) groups excluding carboxylic acids is 1. The smallest absolute Gasteiger partial charge is 0.224 e. The molecule has 6 nitrogen and oxygen atoms in total. The van der Waals surface area contributed by atoms with Crippen molar-refractivity contribution in [2.75, 3.05) is 31.3 Å². The number of hydrogen-bond acceptors (Lipinski definition) is 5. The molecule has 7 heteroatoms. The predicted octanol–water partition coefficient (Wildman–Crippen LogP) is 0.205. The summed E-state index contributed by atoms with van der Waals surface area (Å²) in [5, 5.41) is 7.89. The summed E-state index contributed by atoms with van der Waals surface area (Å²) >= 11 is 0. The Balaban J connectivity index is 2.55. The predicted molar refractivity (Wildman–Crippen MR) is 58.7 cm³/mol. The summed E-state index contributed by atoms with van der Waals surface area (Å²) < 4.78 is 13.2. The van der Waals surface area contributed by atoms with Crippen molar-refractivity contribution in [2.24, 2.45) is 0 Å². The second kappa shape index (κ2) is 5.84. The molecule has 1 aromatic heterocycles. The van der Waals surface area contributed by atoms with Gasteiger partial charge in [-0.3, -0.25) is 4.79 Å². The SMILES string of the molecule is CNC(=O)CCNc1nc(NC)ncc1F. The lowest BCUT2D eigenvalue weighted by Gasteiger charge is -2.07. The molecular weight excluding hydrogens is 213 g/mol. The molecule has 0 aliphatic heterocycles. The zero-order valence-corrected chi connectivity index (χ0v) is 9.17. The molecule has 16 heavy (non-hydrogen) atoms. The summed E-state index contributed by atoms with van der Waals surface area (Å²) in [6.45, 7) is 0.316. The van der Waals surface area contributed by atoms with Crippen LogP contribution in [0.15, 0.2) is 6.20 Å². The lowest BCUT2D eigenvalue weighted by molar-refractivity contribution is -0.120. The summed E-state index contributed by atoms with van der Waals surface area (Å²) in [5.41, 5.74) is 0. The lowest BCUT2D eigenvalue weighted by Crippen LogP contribution is -2.21. The maximum absolute atomic E-state index is 13.2. The Morgan fingerprint density at radius 2 is 2.25 bits per heavy atom. The highest BCUT2D eigenvalue weighted by Gasteiger charge is 2.06. The number of nitrogens with one attached hydrogen (secondary N) is 3. The maximum Gasteiger partial charge on any atom is 0.224 e. The summed E-state index contributed by atoms with van der Waals surface area (Å²) in [6.07, 6.45) is 1.33. The number of rotatable bonds is 5. The van der Waals surface area contributed by atoms with Crippen LogP contribution in [0, 0.1) is 5.82 Å². The number of carbonyl (C=O) groups is 1.